The van der Waals surface area contributed by atoms with E-state index in [1.165, 1.54) is 16.8 Å². The Morgan fingerprint density at radius 1 is 1.19 bits per heavy atom. The second kappa shape index (κ2) is 4.35. The SMILES string of the molecule is O=[N+]([O-])c1cccc(N=Nn2cccc2)c1. The van der Waals surface area contributed by atoms with Crippen LogP contribution in [0.4, 0.5) is 11.4 Å². The molecule has 6 nitrogen and oxygen atoms in total. The molecule has 0 saturated carbocycles. The molecule has 0 saturated heterocycles. The van der Waals surface area contributed by atoms with Gasteiger partial charge >= 0.3 is 0 Å². The van der Waals surface area contributed by atoms with Gasteiger partial charge in [0.2, 0.25) is 0 Å². The first-order chi connectivity index (χ1) is 7.75. The van der Waals surface area contributed by atoms with Crippen LogP contribution in [0, 0.1) is 10.1 Å². The maximum absolute atomic E-state index is 10.5. The van der Waals surface area contributed by atoms with Gasteiger partial charge in [0.15, 0.2) is 0 Å². The number of benzene rings is 1. The summed E-state index contributed by atoms with van der Waals surface area (Å²) >= 11 is 0. The van der Waals surface area contributed by atoms with Gasteiger partial charge in [-0.25, -0.2) is 4.68 Å². The highest BCUT2D eigenvalue weighted by Crippen LogP contribution is 2.19. The van der Waals surface area contributed by atoms with Crippen LogP contribution in [-0.2, 0) is 0 Å². The average Bonchev–Trinajstić information content (AvgIpc) is 2.79. The lowest BCUT2D eigenvalue weighted by Crippen LogP contribution is -1.86. The molecule has 2 rings (SSSR count). The summed E-state index contributed by atoms with van der Waals surface area (Å²) in [6.45, 7) is 0. The fourth-order valence-corrected chi connectivity index (χ4v) is 1.16. The molecule has 0 bridgehead atoms. The van der Waals surface area contributed by atoms with Crippen molar-refractivity contribution in [1.82, 2.24) is 4.68 Å². The molecule has 16 heavy (non-hydrogen) atoms. The van der Waals surface area contributed by atoms with Crippen molar-refractivity contribution >= 4 is 11.4 Å². The van der Waals surface area contributed by atoms with Crippen LogP contribution in [-0.4, -0.2) is 9.60 Å². The summed E-state index contributed by atoms with van der Waals surface area (Å²) in [5.74, 6) is 0. The van der Waals surface area contributed by atoms with Gasteiger partial charge in [-0.2, -0.15) is 0 Å². The Morgan fingerprint density at radius 3 is 2.62 bits per heavy atom. The van der Waals surface area contributed by atoms with Crippen LogP contribution >= 0.6 is 0 Å². The van der Waals surface area contributed by atoms with Crippen molar-refractivity contribution < 1.29 is 4.92 Å². The number of non-ortho nitro benzene ring substituents is 1. The molecule has 1 aromatic carbocycles. The van der Waals surface area contributed by atoms with Gasteiger partial charge in [0.1, 0.15) is 0 Å². The number of nitrogens with zero attached hydrogens (tertiary/aromatic N) is 4. The zero-order valence-electron chi connectivity index (χ0n) is 8.22. The van der Waals surface area contributed by atoms with E-state index in [1.807, 2.05) is 12.1 Å². The third-order valence-corrected chi connectivity index (χ3v) is 1.89. The highest BCUT2D eigenvalue weighted by Gasteiger charge is 2.04. The first-order valence-corrected chi connectivity index (χ1v) is 4.55. The molecule has 0 aliphatic rings. The Morgan fingerprint density at radius 2 is 1.94 bits per heavy atom. The number of aromatic nitrogens is 1. The lowest BCUT2D eigenvalue weighted by atomic mass is 10.3. The summed E-state index contributed by atoms with van der Waals surface area (Å²) in [5.41, 5.74) is 0.451. The molecule has 0 radical (unpaired) electrons. The molecule has 0 spiro atoms. The van der Waals surface area contributed by atoms with Gasteiger partial charge in [0.25, 0.3) is 5.69 Å². The van der Waals surface area contributed by atoms with Crippen molar-refractivity contribution in [2.24, 2.45) is 10.3 Å². The van der Waals surface area contributed by atoms with Crippen molar-refractivity contribution in [1.29, 1.82) is 0 Å². The Kier molecular flexibility index (Phi) is 2.73. The number of rotatable bonds is 3. The third kappa shape index (κ3) is 2.30. The highest BCUT2D eigenvalue weighted by atomic mass is 16.6. The Balaban J connectivity index is 2.22. The van der Waals surface area contributed by atoms with Crippen LogP contribution in [0.3, 0.4) is 0 Å². The third-order valence-electron chi connectivity index (χ3n) is 1.89. The number of hydrogen-bond donors (Lipinski definition) is 0. The normalized spacial score (nSPS) is 10.8. The fourth-order valence-electron chi connectivity index (χ4n) is 1.16. The smallest absolute Gasteiger partial charge is 0.258 e. The van der Waals surface area contributed by atoms with E-state index in [4.69, 9.17) is 0 Å². The zero-order chi connectivity index (χ0) is 11.4. The molecule has 0 aliphatic heterocycles. The number of hydrogen-bond acceptors (Lipinski definition) is 4. The molecule has 6 heteroatoms. The standard InChI is InChI=1S/C10H8N4O2/c15-14(16)10-5-3-4-9(8-10)11-12-13-6-1-2-7-13/h1-8H. The number of nitro benzene ring substituents is 1. The molecule has 0 aliphatic carbocycles. The Labute approximate surface area is 91.0 Å². The average molecular weight is 216 g/mol. The molecule has 80 valence electrons. The largest absolute Gasteiger partial charge is 0.271 e. The summed E-state index contributed by atoms with van der Waals surface area (Å²) in [5, 5.41) is 18.2. The quantitative estimate of drug-likeness (QED) is 0.449. The van der Waals surface area contributed by atoms with Gasteiger partial charge in [0.05, 0.1) is 10.6 Å². The van der Waals surface area contributed by atoms with Crippen molar-refractivity contribution in [2.45, 2.75) is 0 Å². The van der Waals surface area contributed by atoms with Crippen LogP contribution in [0.15, 0.2) is 59.1 Å². The molecular formula is C10H8N4O2. The van der Waals surface area contributed by atoms with Gasteiger partial charge in [0, 0.05) is 24.5 Å². The van der Waals surface area contributed by atoms with Crippen molar-refractivity contribution in [3.05, 3.63) is 58.9 Å². The van der Waals surface area contributed by atoms with Gasteiger partial charge < -0.3 is 0 Å². The van der Waals surface area contributed by atoms with E-state index < -0.39 is 4.92 Å². The van der Waals surface area contributed by atoms with Gasteiger partial charge in [-0.1, -0.05) is 11.3 Å². The predicted octanol–water partition coefficient (Wildman–Crippen LogP) is 2.94. The van der Waals surface area contributed by atoms with Crippen LogP contribution in [0.25, 0.3) is 0 Å². The van der Waals surface area contributed by atoms with Gasteiger partial charge in [-0.15, -0.1) is 5.11 Å². The minimum atomic E-state index is -0.464. The molecule has 0 atom stereocenters. The molecule has 0 fully saturated rings. The molecule has 2 aromatic rings. The summed E-state index contributed by atoms with van der Waals surface area (Å²) in [7, 11) is 0. The van der Waals surface area contributed by atoms with E-state index in [9.17, 15) is 10.1 Å². The summed E-state index contributed by atoms with van der Waals surface area (Å²) in [4.78, 5) is 10.1. The van der Waals surface area contributed by atoms with Crippen LogP contribution < -0.4 is 0 Å². The maximum Gasteiger partial charge on any atom is 0.271 e. The zero-order valence-corrected chi connectivity index (χ0v) is 8.22. The topological polar surface area (TPSA) is 72.8 Å². The van der Waals surface area contributed by atoms with Crippen LogP contribution in [0.1, 0.15) is 0 Å². The summed E-state index contributed by atoms with van der Waals surface area (Å²) in [6, 6.07) is 9.63. The molecular weight excluding hydrogens is 208 g/mol. The second-order valence-corrected chi connectivity index (χ2v) is 3.03. The van der Waals surface area contributed by atoms with Crippen LogP contribution in [0.5, 0.6) is 0 Å². The molecule has 1 aromatic heterocycles. The van der Waals surface area contributed by atoms with Crippen LogP contribution in [0.2, 0.25) is 0 Å². The summed E-state index contributed by atoms with van der Waals surface area (Å²) in [6.07, 6.45) is 3.45. The maximum atomic E-state index is 10.5. The minimum Gasteiger partial charge on any atom is -0.258 e. The number of nitro groups is 1. The first kappa shape index (κ1) is 10.0. The lowest BCUT2D eigenvalue weighted by Gasteiger charge is -1.93. The van der Waals surface area contributed by atoms with E-state index in [1.54, 1.807) is 24.5 Å². The van der Waals surface area contributed by atoms with E-state index in [0.29, 0.717) is 5.69 Å². The Hall–Kier alpha value is -2.50. The second-order valence-electron chi connectivity index (χ2n) is 3.03. The van der Waals surface area contributed by atoms with Crippen molar-refractivity contribution in [3.8, 4) is 0 Å². The lowest BCUT2D eigenvalue weighted by molar-refractivity contribution is -0.384. The van der Waals surface area contributed by atoms with E-state index in [2.05, 4.69) is 10.3 Å². The van der Waals surface area contributed by atoms with Crippen molar-refractivity contribution in [3.63, 3.8) is 0 Å². The van der Waals surface area contributed by atoms with E-state index in [-0.39, 0.29) is 5.69 Å². The highest BCUT2D eigenvalue weighted by molar-refractivity contribution is 5.46. The minimum absolute atomic E-state index is 0.00366. The van der Waals surface area contributed by atoms with E-state index in [0.717, 1.165) is 0 Å². The monoisotopic (exact) mass is 216 g/mol. The fraction of sp³-hybridized carbons (Fsp3) is 0. The van der Waals surface area contributed by atoms with Crippen molar-refractivity contribution in [2.75, 3.05) is 0 Å². The van der Waals surface area contributed by atoms with E-state index >= 15 is 0 Å². The predicted molar refractivity (Wildman–Crippen MR) is 57.4 cm³/mol. The van der Waals surface area contributed by atoms with Gasteiger partial charge in [-0.05, 0) is 18.2 Å². The Bertz CT molecular complexity index is 519. The van der Waals surface area contributed by atoms with Gasteiger partial charge in [-0.3, -0.25) is 10.1 Å². The molecule has 0 unspecified atom stereocenters. The first-order valence-electron chi connectivity index (χ1n) is 4.55. The summed E-state index contributed by atoms with van der Waals surface area (Å²) < 4.78 is 1.51. The molecule has 0 N–H and O–H groups in total. The molecule has 1 heterocycles. The molecule has 0 amide bonds.